The normalized spacial score (nSPS) is 11.8. The van der Waals surface area contributed by atoms with Crippen LogP contribution in [0, 0.1) is 10.8 Å². The summed E-state index contributed by atoms with van der Waals surface area (Å²) in [4.78, 5) is 43.4. The molecule has 0 spiro atoms. The largest absolute Gasteiger partial charge is 0.478 e. The second kappa shape index (κ2) is 19.6. The highest BCUT2D eigenvalue weighted by molar-refractivity contribution is 7.85. The van der Waals surface area contributed by atoms with Crippen molar-refractivity contribution in [3.63, 3.8) is 0 Å². The molecule has 10 N–H and O–H groups in total. The van der Waals surface area contributed by atoms with Crippen LogP contribution >= 0.6 is 0 Å². The maximum absolute atomic E-state index is 13.4. The summed E-state index contributed by atoms with van der Waals surface area (Å²) in [5, 5.41) is 23.4. The van der Waals surface area contributed by atoms with Gasteiger partial charge in [-0.05, 0) is 79.8 Å². The van der Waals surface area contributed by atoms with Crippen LogP contribution in [0.5, 0.6) is 5.88 Å². The van der Waals surface area contributed by atoms with Gasteiger partial charge in [-0.2, -0.15) is 16.8 Å². The van der Waals surface area contributed by atoms with Crippen molar-refractivity contribution in [2.24, 2.45) is 16.9 Å². The van der Waals surface area contributed by atoms with Crippen molar-refractivity contribution < 1.29 is 50.2 Å². The van der Waals surface area contributed by atoms with Gasteiger partial charge in [-0.15, -0.1) is 0 Å². The summed E-state index contributed by atoms with van der Waals surface area (Å²) in [6.07, 6.45) is 2.85. The molecule has 0 saturated heterocycles. The van der Waals surface area contributed by atoms with Crippen LogP contribution in [0.2, 0.25) is 0 Å². The van der Waals surface area contributed by atoms with Crippen LogP contribution in [0.25, 0.3) is 11.1 Å². The summed E-state index contributed by atoms with van der Waals surface area (Å²) in [6.45, 7) is 8.63. The van der Waals surface area contributed by atoms with Gasteiger partial charge in [-0.1, -0.05) is 26.8 Å². The molecule has 3 rings (SSSR count). The number of rotatable bonds is 12. The van der Waals surface area contributed by atoms with Crippen LogP contribution in [-0.2, 0) is 20.2 Å². The molecule has 1 aromatic heterocycles. The second-order valence-corrected chi connectivity index (χ2v) is 15.2. The Morgan fingerprint density at radius 2 is 1.42 bits per heavy atom. The molecule has 3 aromatic rings. The number of aromatic carboxylic acids is 1. The molecule has 19 heteroatoms. The van der Waals surface area contributed by atoms with E-state index >= 15 is 0 Å². The molecule has 17 nitrogen and oxygen atoms in total. The highest BCUT2D eigenvalue weighted by Crippen LogP contribution is 2.31. The van der Waals surface area contributed by atoms with Gasteiger partial charge in [0.15, 0.2) is 0 Å². The van der Waals surface area contributed by atoms with Gasteiger partial charge in [-0.25, -0.2) is 9.78 Å². The van der Waals surface area contributed by atoms with Crippen molar-refractivity contribution in [2.45, 2.75) is 46.6 Å². The number of hydrogen-bond donors (Lipinski definition) is 8. The Kier molecular flexibility index (Phi) is 17.0. The number of amidine groups is 1. The fraction of sp³-hybridized carbons (Fsp3) is 0.364. The number of nitrogens with one attached hydrogen (secondary N) is 3. The van der Waals surface area contributed by atoms with Crippen LogP contribution in [0.15, 0.2) is 54.6 Å². The van der Waals surface area contributed by atoms with Crippen molar-refractivity contribution in [3.05, 3.63) is 77.0 Å². The molecule has 0 bridgehead atoms. The van der Waals surface area contributed by atoms with Gasteiger partial charge in [-0.3, -0.25) is 24.1 Å². The molecular weight excluding hydrogens is 721 g/mol. The lowest BCUT2D eigenvalue weighted by molar-refractivity contribution is 0.0697. The molecule has 1 atom stereocenters. The number of carboxylic acid groups (broad SMARTS) is 1. The minimum absolute atomic E-state index is 0.0640. The van der Waals surface area contributed by atoms with Crippen LogP contribution in [0.4, 0.5) is 5.69 Å². The summed E-state index contributed by atoms with van der Waals surface area (Å²) in [5.74, 6) is -2.19. The minimum Gasteiger partial charge on any atom is -0.478 e. The van der Waals surface area contributed by atoms with Crippen molar-refractivity contribution in [1.82, 2.24) is 10.3 Å². The Morgan fingerprint density at radius 3 is 1.88 bits per heavy atom. The van der Waals surface area contributed by atoms with E-state index in [1.165, 1.54) is 18.2 Å². The predicted molar refractivity (Wildman–Crippen MR) is 197 cm³/mol. The van der Waals surface area contributed by atoms with Crippen LogP contribution < -0.4 is 26.8 Å². The molecule has 1 unspecified atom stereocenters. The maximum Gasteiger partial charge on any atom is 0.336 e. The lowest BCUT2D eigenvalue weighted by atomic mass is 9.83. The third-order valence-electron chi connectivity index (χ3n) is 6.68. The molecule has 52 heavy (non-hydrogen) atoms. The Hall–Kier alpha value is -4.95. The van der Waals surface area contributed by atoms with Crippen LogP contribution in [0.1, 0.15) is 77.3 Å². The van der Waals surface area contributed by atoms with Gasteiger partial charge < -0.3 is 31.9 Å². The van der Waals surface area contributed by atoms with Crippen LogP contribution in [0.3, 0.4) is 0 Å². The molecule has 0 aliphatic carbocycles. The van der Waals surface area contributed by atoms with Gasteiger partial charge in [0, 0.05) is 34.5 Å². The number of benzene rings is 2. The van der Waals surface area contributed by atoms with E-state index in [0.717, 1.165) is 6.42 Å². The SMILES string of the molecule is CCOc1ccc(-c2ccc(C(=O)NC(CCCN)C(C)(C)C)cc2C(=O)O)c(C(=O)Nc2ccc(C(=N)N)cc2)n1.CS(=O)(=O)O.CS(=O)(=O)O. The maximum atomic E-state index is 13.4. The standard InChI is InChI=1S/C31H38N6O5.2CH4O3S/c1-5-42-25-15-14-22(26(37-25)29(39)35-20-11-8-18(9-12-20)27(33)34)21-13-10-19(17-23(21)30(40)41)28(38)36-24(7-6-16-32)31(2,3)4;2*1-5(2,3)4/h8-15,17,24H,5-7,16,32H2,1-4H3,(H3,33,34)(H,35,39)(H,36,38)(H,40,41);2*1H3,(H,2,3,4). The van der Waals surface area contributed by atoms with Crippen LogP contribution in [-0.4, -0.2) is 91.4 Å². The monoisotopic (exact) mass is 766 g/mol. The molecule has 1 heterocycles. The van der Waals surface area contributed by atoms with E-state index < -0.39 is 38.0 Å². The Balaban J connectivity index is 0.00000119. The Morgan fingerprint density at radius 1 is 0.904 bits per heavy atom. The highest BCUT2D eigenvalue weighted by atomic mass is 32.2. The average molecular weight is 767 g/mol. The number of carboxylic acids is 1. The van der Waals surface area contributed by atoms with E-state index in [-0.39, 0.29) is 51.1 Å². The number of amides is 2. The van der Waals surface area contributed by atoms with Crippen molar-refractivity contribution >= 4 is 49.5 Å². The van der Waals surface area contributed by atoms with Crippen molar-refractivity contribution in [3.8, 4) is 17.0 Å². The molecule has 0 aliphatic heterocycles. The topological polar surface area (TPSA) is 302 Å². The molecule has 2 amide bonds. The molecule has 286 valence electrons. The molecule has 0 aliphatic rings. The lowest BCUT2D eigenvalue weighted by Gasteiger charge is -2.31. The first kappa shape index (κ1) is 45.1. The zero-order chi connectivity index (χ0) is 40.0. The number of aromatic nitrogens is 1. The smallest absolute Gasteiger partial charge is 0.336 e. The molecule has 0 fully saturated rings. The number of ether oxygens (including phenoxy) is 1. The quantitative estimate of drug-likeness (QED) is 0.0746. The highest BCUT2D eigenvalue weighted by Gasteiger charge is 2.27. The van der Waals surface area contributed by atoms with Gasteiger partial charge in [0.25, 0.3) is 32.1 Å². The fourth-order valence-corrected chi connectivity index (χ4v) is 4.37. The zero-order valence-electron chi connectivity index (χ0n) is 29.6. The van der Waals surface area contributed by atoms with Gasteiger partial charge in [0.05, 0.1) is 24.7 Å². The Labute approximate surface area is 303 Å². The number of anilines is 1. The number of carbonyl (C=O) groups is 3. The average Bonchev–Trinajstić information content (AvgIpc) is 3.01. The van der Waals surface area contributed by atoms with E-state index in [9.17, 15) is 36.3 Å². The first-order valence-electron chi connectivity index (χ1n) is 15.5. The van der Waals surface area contributed by atoms with Crippen molar-refractivity contribution in [1.29, 1.82) is 5.41 Å². The molecular formula is C33H46N6O11S2. The van der Waals surface area contributed by atoms with E-state index in [1.54, 1.807) is 43.3 Å². The summed E-state index contributed by atoms with van der Waals surface area (Å²) < 4.78 is 57.2. The number of carbonyl (C=O) groups excluding carboxylic acids is 2. The third-order valence-corrected chi connectivity index (χ3v) is 6.68. The van der Waals surface area contributed by atoms with E-state index in [0.29, 0.717) is 43.3 Å². The zero-order valence-corrected chi connectivity index (χ0v) is 31.3. The van der Waals surface area contributed by atoms with E-state index in [2.05, 4.69) is 15.6 Å². The Bertz CT molecular complexity index is 1900. The molecule has 0 radical (unpaired) electrons. The van der Waals surface area contributed by atoms with Gasteiger partial charge in [0.1, 0.15) is 11.5 Å². The van der Waals surface area contributed by atoms with Crippen molar-refractivity contribution in [2.75, 3.05) is 31.0 Å². The van der Waals surface area contributed by atoms with Gasteiger partial charge >= 0.3 is 5.97 Å². The first-order valence-corrected chi connectivity index (χ1v) is 19.2. The number of nitrogens with zero attached hydrogens (tertiary/aromatic N) is 1. The summed E-state index contributed by atoms with van der Waals surface area (Å²) >= 11 is 0. The first-order chi connectivity index (χ1) is 23.8. The van der Waals surface area contributed by atoms with E-state index in [1.807, 2.05) is 20.8 Å². The summed E-state index contributed by atoms with van der Waals surface area (Å²) in [5.41, 5.74) is 12.3. The third kappa shape index (κ3) is 16.8. The van der Waals surface area contributed by atoms with E-state index in [4.69, 9.17) is 30.7 Å². The summed E-state index contributed by atoms with van der Waals surface area (Å²) in [7, 11) is -7.33. The lowest BCUT2D eigenvalue weighted by Crippen LogP contribution is -2.44. The number of nitrogen functional groups attached to an aromatic ring is 1. The predicted octanol–water partition coefficient (Wildman–Crippen LogP) is 3.27. The molecule has 2 aromatic carbocycles. The second-order valence-electron chi connectivity index (χ2n) is 12.3. The number of hydrogen-bond acceptors (Lipinski definition) is 11. The number of nitrogens with two attached hydrogens (primary N) is 2. The molecule has 0 saturated carbocycles. The van der Waals surface area contributed by atoms with Gasteiger partial charge in [0.2, 0.25) is 5.88 Å². The fourth-order valence-electron chi connectivity index (χ4n) is 4.37. The summed E-state index contributed by atoms with van der Waals surface area (Å²) in [6, 6.07) is 13.6. The minimum atomic E-state index is -3.67. The number of pyridine rings is 1.